The van der Waals surface area contributed by atoms with Crippen LogP contribution in [-0.4, -0.2) is 21.1 Å². The van der Waals surface area contributed by atoms with E-state index < -0.39 is 0 Å². The quantitative estimate of drug-likeness (QED) is 0.759. The Morgan fingerprint density at radius 1 is 1.45 bits per heavy atom. The van der Waals surface area contributed by atoms with E-state index in [0.29, 0.717) is 10.8 Å². The van der Waals surface area contributed by atoms with Crippen LogP contribution in [0.15, 0.2) is 22.8 Å². The SMILES string of the molecule is CC(C)(C)c1[nH]nc2nc(NC(=O)c3ccco3)sc12. The summed E-state index contributed by atoms with van der Waals surface area (Å²) in [6.45, 7) is 6.29. The van der Waals surface area contributed by atoms with E-state index in [1.807, 2.05) is 0 Å². The third-order valence-electron chi connectivity index (χ3n) is 2.83. The number of aromatic amines is 1. The molecule has 0 saturated carbocycles. The predicted octanol–water partition coefficient (Wildman–Crippen LogP) is 3.16. The molecule has 0 aliphatic carbocycles. The molecule has 2 N–H and O–H groups in total. The molecule has 0 unspecified atom stereocenters. The smallest absolute Gasteiger partial charge is 0.293 e. The summed E-state index contributed by atoms with van der Waals surface area (Å²) in [4.78, 5) is 16.2. The minimum Gasteiger partial charge on any atom is -0.459 e. The molecule has 3 aromatic heterocycles. The van der Waals surface area contributed by atoms with Crippen LogP contribution < -0.4 is 5.32 Å². The summed E-state index contributed by atoms with van der Waals surface area (Å²) in [5.41, 5.74) is 1.59. The minimum absolute atomic E-state index is 0.0520. The van der Waals surface area contributed by atoms with Gasteiger partial charge in [-0.3, -0.25) is 15.2 Å². The zero-order valence-corrected chi connectivity index (χ0v) is 12.2. The number of hydrogen-bond donors (Lipinski definition) is 2. The number of hydrogen-bond acceptors (Lipinski definition) is 5. The Labute approximate surface area is 119 Å². The lowest BCUT2D eigenvalue weighted by atomic mass is 9.92. The van der Waals surface area contributed by atoms with Gasteiger partial charge in [0.1, 0.15) is 0 Å². The molecule has 0 bridgehead atoms. The molecule has 0 radical (unpaired) electrons. The summed E-state index contributed by atoms with van der Waals surface area (Å²) >= 11 is 1.40. The molecule has 20 heavy (non-hydrogen) atoms. The molecule has 3 aromatic rings. The van der Waals surface area contributed by atoms with Crippen molar-refractivity contribution >= 4 is 32.7 Å². The van der Waals surface area contributed by atoms with Crippen molar-refractivity contribution in [3.8, 4) is 0 Å². The fourth-order valence-corrected chi connectivity index (χ4v) is 2.94. The van der Waals surface area contributed by atoms with Crippen LogP contribution in [0.5, 0.6) is 0 Å². The number of nitrogens with one attached hydrogen (secondary N) is 2. The zero-order valence-electron chi connectivity index (χ0n) is 11.4. The molecule has 7 heteroatoms. The van der Waals surface area contributed by atoms with Gasteiger partial charge in [-0.15, -0.1) is 0 Å². The topological polar surface area (TPSA) is 83.8 Å². The number of furan rings is 1. The summed E-state index contributed by atoms with van der Waals surface area (Å²) in [7, 11) is 0. The van der Waals surface area contributed by atoms with Crippen LogP contribution in [0.3, 0.4) is 0 Å². The molecule has 0 saturated heterocycles. The van der Waals surface area contributed by atoms with Gasteiger partial charge in [-0.25, -0.2) is 0 Å². The average Bonchev–Trinajstić information content (AvgIpc) is 3.01. The van der Waals surface area contributed by atoms with Gasteiger partial charge in [-0.1, -0.05) is 32.1 Å². The number of rotatable bonds is 2. The summed E-state index contributed by atoms with van der Waals surface area (Å²) < 4.78 is 6.01. The first-order valence-corrected chi connectivity index (χ1v) is 6.97. The molecule has 0 fully saturated rings. The van der Waals surface area contributed by atoms with Gasteiger partial charge in [0, 0.05) is 5.41 Å². The Balaban J connectivity index is 1.90. The summed E-state index contributed by atoms with van der Waals surface area (Å²) in [5.74, 6) is -0.0526. The van der Waals surface area contributed by atoms with Crippen molar-refractivity contribution in [3.63, 3.8) is 0 Å². The molecule has 6 nitrogen and oxygen atoms in total. The Kier molecular flexibility index (Phi) is 2.86. The van der Waals surface area contributed by atoms with Crippen molar-refractivity contribution in [1.29, 1.82) is 0 Å². The Bertz CT molecular complexity index is 749. The van der Waals surface area contributed by atoms with Crippen LogP contribution in [0.2, 0.25) is 0 Å². The second-order valence-corrected chi connectivity index (χ2v) is 6.45. The average molecular weight is 290 g/mol. The molecule has 0 aromatic carbocycles. The number of nitrogens with zero attached hydrogens (tertiary/aromatic N) is 2. The van der Waals surface area contributed by atoms with E-state index in [0.717, 1.165) is 10.4 Å². The van der Waals surface area contributed by atoms with Crippen molar-refractivity contribution in [3.05, 3.63) is 29.9 Å². The lowest BCUT2D eigenvalue weighted by Gasteiger charge is -2.15. The third-order valence-corrected chi connectivity index (χ3v) is 3.80. The highest BCUT2D eigenvalue weighted by atomic mass is 32.1. The van der Waals surface area contributed by atoms with Crippen LogP contribution in [0.4, 0.5) is 5.13 Å². The molecule has 104 valence electrons. The van der Waals surface area contributed by atoms with Crippen LogP contribution in [0, 0.1) is 0 Å². The van der Waals surface area contributed by atoms with Gasteiger partial charge in [0.05, 0.1) is 16.7 Å². The van der Waals surface area contributed by atoms with E-state index in [1.165, 1.54) is 17.6 Å². The lowest BCUT2D eigenvalue weighted by molar-refractivity contribution is 0.0996. The van der Waals surface area contributed by atoms with Crippen LogP contribution in [0.25, 0.3) is 10.3 Å². The van der Waals surface area contributed by atoms with Crippen molar-refractivity contribution in [2.75, 3.05) is 5.32 Å². The van der Waals surface area contributed by atoms with Crippen molar-refractivity contribution in [2.24, 2.45) is 0 Å². The Morgan fingerprint density at radius 3 is 2.90 bits per heavy atom. The number of aromatic nitrogens is 3. The van der Waals surface area contributed by atoms with Gasteiger partial charge in [-0.2, -0.15) is 10.1 Å². The van der Waals surface area contributed by atoms with E-state index in [9.17, 15) is 4.79 Å². The monoisotopic (exact) mass is 290 g/mol. The molecule has 0 aliphatic rings. The van der Waals surface area contributed by atoms with Gasteiger partial charge in [0.15, 0.2) is 16.5 Å². The molecule has 0 aliphatic heterocycles. The number of carbonyl (C=O) groups excluding carboxylic acids is 1. The van der Waals surface area contributed by atoms with Gasteiger partial charge in [0.25, 0.3) is 5.91 Å². The first kappa shape index (κ1) is 12.9. The highest BCUT2D eigenvalue weighted by Gasteiger charge is 2.23. The highest BCUT2D eigenvalue weighted by molar-refractivity contribution is 7.22. The van der Waals surface area contributed by atoms with Gasteiger partial charge < -0.3 is 4.42 Å². The molecule has 0 atom stereocenters. The number of fused-ring (bicyclic) bond motifs is 1. The van der Waals surface area contributed by atoms with Crippen LogP contribution >= 0.6 is 11.3 Å². The van der Waals surface area contributed by atoms with Crippen LogP contribution in [0.1, 0.15) is 37.0 Å². The molecule has 0 spiro atoms. The minimum atomic E-state index is -0.312. The van der Waals surface area contributed by atoms with Gasteiger partial charge in [-0.05, 0) is 12.1 Å². The number of thiazole rings is 1. The Hall–Kier alpha value is -2.15. The maximum Gasteiger partial charge on any atom is 0.293 e. The second-order valence-electron chi connectivity index (χ2n) is 5.45. The number of amides is 1. The molecule has 3 rings (SSSR count). The summed E-state index contributed by atoms with van der Waals surface area (Å²) in [5, 5.41) is 10.4. The highest BCUT2D eigenvalue weighted by Crippen LogP contribution is 2.33. The van der Waals surface area contributed by atoms with Gasteiger partial charge in [0.2, 0.25) is 0 Å². The van der Waals surface area contributed by atoms with E-state index in [4.69, 9.17) is 4.42 Å². The molecular weight excluding hydrogens is 276 g/mol. The normalized spacial score (nSPS) is 11.9. The number of carbonyl (C=O) groups is 1. The maximum absolute atomic E-state index is 11.9. The van der Waals surface area contributed by atoms with E-state index in [1.54, 1.807) is 12.1 Å². The standard InChI is InChI=1S/C13H14N4O2S/c1-13(2,3)9-8-10(17-16-9)14-12(20-8)15-11(18)7-5-4-6-19-7/h4-6H,1-3H3,(H2,14,15,16,17,18). The van der Waals surface area contributed by atoms with Crippen LogP contribution in [-0.2, 0) is 5.41 Å². The molecular formula is C13H14N4O2S. The Morgan fingerprint density at radius 2 is 2.25 bits per heavy atom. The summed E-state index contributed by atoms with van der Waals surface area (Å²) in [6.07, 6.45) is 1.46. The van der Waals surface area contributed by atoms with E-state index in [2.05, 4.69) is 41.3 Å². The fourth-order valence-electron chi connectivity index (χ4n) is 1.84. The number of anilines is 1. The maximum atomic E-state index is 11.9. The molecule has 1 amide bonds. The van der Waals surface area contributed by atoms with E-state index in [-0.39, 0.29) is 17.1 Å². The van der Waals surface area contributed by atoms with Gasteiger partial charge >= 0.3 is 0 Å². The lowest BCUT2D eigenvalue weighted by Crippen LogP contribution is -2.12. The largest absolute Gasteiger partial charge is 0.459 e. The predicted molar refractivity (Wildman–Crippen MR) is 77.1 cm³/mol. The van der Waals surface area contributed by atoms with E-state index >= 15 is 0 Å². The first-order chi connectivity index (χ1) is 9.45. The second kappa shape index (κ2) is 4.45. The first-order valence-electron chi connectivity index (χ1n) is 6.15. The van der Waals surface area contributed by atoms with Crippen molar-refractivity contribution < 1.29 is 9.21 Å². The fraction of sp³-hybridized carbons (Fsp3) is 0.308. The van der Waals surface area contributed by atoms with Crippen molar-refractivity contribution in [2.45, 2.75) is 26.2 Å². The third kappa shape index (κ3) is 2.20. The zero-order chi connectivity index (χ0) is 14.3. The molecule has 3 heterocycles. The summed E-state index contributed by atoms with van der Waals surface area (Å²) in [6, 6.07) is 3.27. The van der Waals surface area contributed by atoms with Crippen molar-refractivity contribution in [1.82, 2.24) is 15.2 Å². The number of H-pyrrole nitrogens is 1.